The molecule has 0 bridgehead atoms. The van der Waals surface area contributed by atoms with Crippen LogP contribution in [0.1, 0.15) is 36.7 Å². The highest BCUT2D eigenvalue weighted by molar-refractivity contribution is 7.92. The number of rotatable bonds is 6. The van der Waals surface area contributed by atoms with E-state index in [1.54, 1.807) is 12.1 Å². The van der Waals surface area contributed by atoms with Crippen molar-refractivity contribution in [1.29, 1.82) is 0 Å². The second-order valence-corrected chi connectivity index (χ2v) is 9.28. The molecule has 0 unspecified atom stereocenters. The number of hydrogen-bond donors (Lipinski definition) is 1. The number of nitrogens with one attached hydrogen (secondary N) is 1. The van der Waals surface area contributed by atoms with Crippen LogP contribution < -0.4 is 9.62 Å². The van der Waals surface area contributed by atoms with Gasteiger partial charge < -0.3 is 5.32 Å². The molecule has 0 radical (unpaired) electrons. The van der Waals surface area contributed by atoms with Crippen LogP contribution in [0.3, 0.4) is 0 Å². The average molecular weight is 392 g/mol. The van der Waals surface area contributed by atoms with Crippen molar-refractivity contribution in [2.24, 2.45) is 0 Å². The molecule has 0 atom stereocenters. The fourth-order valence-corrected chi connectivity index (χ4v) is 3.73. The third kappa shape index (κ3) is 5.53. The summed E-state index contributed by atoms with van der Waals surface area (Å²) in [6.07, 6.45) is 1.14. The van der Waals surface area contributed by atoms with Crippen LogP contribution in [0.15, 0.2) is 48.5 Å². The van der Waals surface area contributed by atoms with Crippen molar-refractivity contribution in [3.63, 3.8) is 0 Å². The van der Waals surface area contributed by atoms with Crippen LogP contribution in [0.4, 0.5) is 10.1 Å². The predicted molar refractivity (Wildman–Crippen MR) is 106 cm³/mol. The molecule has 0 aromatic heterocycles. The first-order chi connectivity index (χ1) is 12.5. The number of anilines is 1. The Morgan fingerprint density at radius 3 is 2.37 bits per heavy atom. The van der Waals surface area contributed by atoms with Crippen LogP contribution in [0, 0.1) is 5.82 Å². The first-order valence-electron chi connectivity index (χ1n) is 8.61. The number of sulfonamides is 1. The lowest BCUT2D eigenvalue weighted by atomic mass is 9.86. The Bertz CT molecular complexity index is 921. The van der Waals surface area contributed by atoms with E-state index in [1.165, 1.54) is 22.5 Å². The lowest BCUT2D eigenvalue weighted by Gasteiger charge is -2.30. The van der Waals surface area contributed by atoms with Crippen LogP contribution in [0.5, 0.6) is 0 Å². The molecule has 2 aromatic carbocycles. The maximum Gasteiger partial charge on any atom is 0.251 e. The van der Waals surface area contributed by atoms with E-state index in [0.29, 0.717) is 5.69 Å². The molecule has 1 N–H and O–H groups in total. The third-order valence-corrected chi connectivity index (χ3v) is 5.25. The number of carbonyl (C=O) groups excluding carboxylic acids is 1. The first-order valence-corrected chi connectivity index (χ1v) is 10.5. The zero-order valence-corrected chi connectivity index (χ0v) is 16.8. The minimum Gasteiger partial charge on any atom is -0.350 e. The first kappa shape index (κ1) is 20.9. The van der Waals surface area contributed by atoms with Gasteiger partial charge in [0, 0.05) is 12.1 Å². The van der Waals surface area contributed by atoms with Crippen molar-refractivity contribution in [3.05, 3.63) is 65.5 Å². The van der Waals surface area contributed by atoms with Gasteiger partial charge in [-0.15, -0.1) is 0 Å². The standard InChI is InChI=1S/C20H25FN2O3S/c1-20(2,3)17-10-5-6-11-18(17)23(27(4,25)26)13-12-22-19(24)15-8-7-9-16(21)14-15/h5-11,14H,12-13H2,1-4H3,(H,22,24). The third-order valence-electron chi connectivity index (χ3n) is 4.07. The molecule has 0 aliphatic carbocycles. The van der Waals surface area contributed by atoms with E-state index < -0.39 is 21.7 Å². The number of nitrogens with zero attached hydrogens (tertiary/aromatic N) is 1. The zero-order valence-electron chi connectivity index (χ0n) is 16.0. The molecule has 2 rings (SSSR count). The molecule has 146 valence electrons. The number of hydrogen-bond acceptors (Lipinski definition) is 3. The van der Waals surface area contributed by atoms with E-state index in [-0.39, 0.29) is 24.1 Å². The Kier molecular flexibility index (Phi) is 6.26. The number of benzene rings is 2. The van der Waals surface area contributed by atoms with E-state index in [0.717, 1.165) is 17.9 Å². The highest BCUT2D eigenvalue weighted by Crippen LogP contribution is 2.32. The molecule has 27 heavy (non-hydrogen) atoms. The van der Waals surface area contributed by atoms with Crippen molar-refractivity contribution in [2.45, 2.75) is 26.2 Å². The Labute approximate surface area is 160 Å². The van der Waals surface area contributed by atoms with Crippen molar-refractivity contribution in [3.8, 4) is 0 Å². The minimum atomic E-state index is -3.55. The number of halogens is 1. The molecule has 2 aromatic rings. The summed E-state index contributed by atoms with van der Waals surface area (Å²) < 4.78 is 39.3. The molecule has 1 amide bonds. The SMILES string of the molecule is CC(C)(C)c1ccccc1N(CCNC(=O)c1cccc(F)c1)S(C)(=O)=O. The molecule has 5 nitrogen and oxygen atoms in total. The smallest absolute Gasteiger partial charge is 0.251 e. The average Bonchev–Trinajstić information content (AvgIpc) is 2.56. The van der Waals surface area contributed by atoms with Gasteiger partial charge in [0.15, 0.2) is 0 Å². The lowest BCUT2D eigenvalue weighted by molar-refractivity contribution is 0.0954. The molecule has 0 aliphatic heterocycles. The van der Waals surface area contributed by atoms with Crippen molar-refractivity contribution in [1.82, 2.24) is 5.32 Å². The molecule has 0 saturated carbocycles. The van der Waals surface area contributed by atoms with Crippen LogP contribution in [-0.4, -0.2) is 33.7 Å². The van der Waals surface area contributed by atoms with Crippen LogP contribution in [-0.2, 0) is 15.4 Å². The fourth-order valence-electron chi connectivity index (χ4n) is 2.79. The minimum absolute atomic E-state index is 0.0764. The summed E-state index contributed by atoms with van der Waals surface area (Å²) in [6, 6.07) is 12.7. The van der Waals surface area contributed by atoms with Gasteiger partial charge in [0.05, 0.1) is 18.5 Å². The molecule has 0 aliphatic rings. The Balaban J connectivity index is 2.19. The van der Waals surface area contributed by atoms with E-state index in [4.69, 9.17) is 0 Å². The maximum absolute atomic E-state index is 13.2. The summed E-state index contributed by atoms with van der Waals surface area (Å²) in [7, 11) is -3.55. The van der Waals surface area contributed by atoms with Gasteiger partial charge in [-0.25, -0.2) is 12.8 Å². The summed E-state index contributed by atoms with van der Waals surface area (Å²) in [5, 5.41) is 2.64. The van der Waals surface area contributed by atoms with Gasteiger partial charge in [-0.1, -0.05) is 45.0 Å². The Hall–Kier alpha value is -2.41. The van der Waals surface area contributed by atoms with E-state index in [1.807, 2.05) is 32.9 Å². The molecule has 0 heterocycles. The van der Waals surface area contributed by atoms with Crippen LogP contribution in [0.25, 0.3) is 0 Å². The highest BCUT2D eigenvalue weighted by Gasteiger charge is 2.25. The second kappa shape index (κ2) is 8.08. The van der Waals surface area contributed by atoms with E-state index in [2.05, 4.69) is 5.32 Å². The Morgan fingerprint density at radius 1 is 1.11 bits per heavy atom. The lowest BCUT2D eigenvalue weighted by Crippen LogP contribution is -2.39. The van der Waals surface area contributed by atoms with E-state index >= 15 is 0 Å². The van der Waals surface area contributed by atoms with Crippen molar-refractivity contribution >= 4 is 21.6 Å². The van der Waals surface area contributed by atoms with Crippen molar-refractivity contribution < 1.29 is 17.6 Å². The van der Waals surface area contributed by atoms with Gasteiger partial charge in [-0.2, -0.15) is 0 Å². The van der Waals surface area contributed by atoms with Gasteiger partial charge >= 0.3 is 0 Å². The zero-order chi connectivity index (χ0) is 20.2. The van der Waals surface area contributed by atoms with Crippen LogP contribution in [0.2, 0.25) is 0 Å². The Morgan fingerprint density at radius 2 is 1.78 bits per heavy atom. The summed E-state index contributed by atoms with van der Waals surface area (Å²) in [5.74, 6) is -0.952. The van der Waals surface area contributed by atoms with Crippen molar-refractivity contribution in [2.75, 3.05) is 23.7 Å². The van der Waals surface area contributed by atoms with Crippen LogP contribution >= 0.6 is 0 Å². The second-order valence-electron chi connectivity index (χ2n) is 7.37. The van der Waals surface area contributed by atoms with E-state index in [9.17, 15) is 17.6 Å². The summed E-state index contributed by atoms with van der Waals surface area (Å²) in [6.45, 7) is 6.21. The molecule has 0 saturated heterocycles. The quantitative estimate of drug-likeness (QED) is 0.820. The largest absolute Gasteiger partial charge is 0.350 e. The highest BCUT2D eigenvalue weighted by atomic mass is 32.2. The summed E-state index contributed by atoms with van der Waals surface area (Å²) in [5.41, 5.74) is 1.43. The number of para-hydroxylation sites is 1. The van der Waals surface area contributed by atoms with Gasteiger partial charge in [-0.3, -0.25) is 9.10 Å². The topological polar surface area (TPSA) is 66.5 Å². The molecule has 0 spiro atoms. The fraction of sp³-hybridized carbons (Fsp3) is 0.350. The van der Waals surface area contributed by atoms with Gasteiger partial charge in [0.25, 0.3) is 5.91 Å². The number of carbonyl (C=O) groups is 1. The number of amides is 1. The molecular weight excluding hydrogens is 367 g/mol. The monoisotopic (exact) mass is 392 g/mol. The summed E-state index contributed by atoms with van der Waals surface area (Å²) in [4.78, 5) is 12.1. The molecule has 0 fully saturated rings. The van der Waals surface area contributed by atoms with Gasteiger partial charge in [0.1, 0.15) is 5.82 Å². The van der Waals surface area contributed by atoms with Gasteiger partial charge in [-0.05, 0) is 35.2 Å². The maximum atomic E-state index is 13.2. The van der Waals surface area contributed by atoms with Gasteiger partial charge in [0.2, 0.25) is 10.0 Å². The normalized spacial score (nSPS) is 11.9. The molecular formula is C20H25FN2O3S. The molecule has 7 heteroatoms. The predicted octanol–water partition coefficient (Wildman–Crippen LogP) is 3.32. The summed E-state index contributed by atoms with van der Waals surface area (Å²) >= 11 is 0.